The zero-order valence-corrected chi connectivity index (χ0v) is 22.6. The highest BCUT2D eigenvalue weighted by atomic mass is 35.5. The second kappa shape index (κ2) is 13.3. The molecule has 0 unspecified atom stereocenters. The van der Waals surface area contributed by atoms with Crippen molar-refractivity contribution in [3.8, 4) is 0 Å². The first-order valence-electron chi connectivity index (χ1n) is 13.1. The molecular weight excluding hydrogens is 519 g/mol. The number of piperidine rings is 1. The van der Waals surface area contributed by atoms with Crippen LogP contribution in [0, 0.1) is 5.92 Å². The van der Waals surface area contributed by atoms with E-state index in [1.165, 1.54) is 17.8 Å². The van der Waals surface area contributed by atoms with E-state index in [1.807, 2.05) is 17.0 Å². The van der Waals surface area contributed by atoms with Gasteiger partial charge in [-0.2, -0.15) is 13.2 Å². The maximum atomic E-state index is 12.9. The monoisotopic (exact) mass is 553 g/mol. The van der Waals surface area contributed by atoms with Crippen molar-refractivity contribution in [1.82, 2.24) is 9.80 Å². The molecule has 0 N–H and O–H groups in total. The zero-order valence-electron chi connectivity index (χ0n) is 21.1. The summed E-state index contributed by atoms with van der Waals surface area (Å²) in [7, 11) is 0. The van der Waals surface area contributed by atoms with Gasteiger partial charge in [-0.25, -0.2) is 0 Å². The zero-order chi connectivity index (χ0) is 26.3. The SMILES string of the molecule is O=C(CCCN1CCCN(c2ccc(Cl)cc2)CC1)N1CCC[C@H](Cc2ccc(SC(F)(F)F)cc2)C1. The van der Waals surface area contributed by atoms with Gasteiger partial charge in [0.15, 0.2) is 0 Å². The van der Waals surface area contributed by atoms with Gasteiger partial charge in [0.25, 0.3) is 0 Å². The number of carbonyl (C=O) groups excluding carboxylic acids is 1. The summed E-state index contributed by atoms with van der Waals surface area (Å²) in [5, 5.41) is 0.752. The molecule has 4 rings (SSSR count). The number of hydrogen-bond donors (Lipinski definition) is 0. The van der Waals surface area contributed by atoms with Crippen LogP contribution in [0.25, 0.3) is 0 Å². The van der Waals surface area contributed by atoms with Gasteiger partial charge in [-0.3, -0.25) is 4.79 Å². The molecule has 0 aliphatic carbocycles. The second-order valence-electron chi connectivity index (χ2n) is 10.0. The summed E-state index contributed by atoms with van der Waals surface area (Å²) in [4.78, 5) is 20.0. The summed E-state index contributed by atoms with van der Waals surface area (Å²) < 4.78 is 37.7. The highest BCUT2D eigenvalue weighted by Gasteiger charge is 2.29. The van der Waals surface area contributed by atoms with Crippen LogP contribution in [0.15, 0.2) is 53.4 Å². The standard InChI is InChI=1S/C28H35ClF3N3OS/c29-24-8-10-25(11-9-24)34-17-3-15-33(18-19-34)14-2-5-27(36)35-16-1-4-23(21-35)20-22-6-12-26(13-7-22)37-28(30,31)32/h6-13,23H,1-5,14-21H2/t23-/m1/s1. The Bertz CT molecular complexity index is 1000. The first-order chi connectivity index (χ1) is 17.7. The molecule has 0 bridgehead atoms. The van der Waals surface area contributed by atoms with E-state index < -0.39 is 5.51 Å². The van der Waals surface area contributed by atoms with Crippen LogP contribution in [0.5, 0.6) is 0 Å². The van der Waals surface area contributed by atoms with Crippen LogP contribution in [0.4, 0.5) is 18.9 Å². The van der Waals surface area contributed by atoms with Gasteiger partial charge in [0, 0.05) is 54.8 Å². The van der Waals surface area contributed by atoms with Crippen LogP contribution in [0.1, 0.15) is 37.7 Å². The quantitative estimate of drug-likeness (QED) is 0.339. The molecule has 4 nitrogen and oxygen atoms in total. The van der Waals surface area contributed by atoms with Gasteiger partial charge in [-0.15, -0.1) is 0 Å². The number of likely N-dealkylation sites (tertiary alicyclic amines) is 1. The molecule has 0 spiro atoms. The Balaban J connectivity index is 1.17. The molecule has 2 heterocycles. The van der Waals surface area contributed by atoms with Crippen molar-refractivity contribution in [1.29, 1.82) is 0 Å². The molecule has 2 aromatic carbocycles. The fourth-order valence-electron chi connectivity index (χ4n) is 5.34. The number of benzene rings is 2. The Morgan fingerprint density at radius 2 is 1.70 bits per heavy atom. The lowest BCUT2D eigenvalue weighted by molar-refractivity contribution is -0.133. The molecule has 2 aromatic rings. The molecule has 2 aliphatic heterocycles. The summed E-state index contributed by atoms with van der Waals surface area (Å²) in [5.74, 6) is 0.572. The molecule has 9 heteroatoms. The number of halogens is 4. The first kappa shape index (κ1) is 28.1. The summed E-state index contributed by atoms with van der Waals surface area (Å²) in [6, 6.07) is 14.7. The van der Waals surface area contributed by atoms with Gasteiger partial charge >= 0.3 is 5.51 Å². The maximum Gasteiger partial charge on any atom is 0.446 e. The van der Waals surface area contributed by atoms with Gasteiger partial charge in [-0.05, 0) is 105 Å². The van der Waals surface area contributed by atoms with Crippen molar-refractivity contribution >= 4 is 35.0 Å². The molecule has 0 radical (unpaired) electrons. The van der Waals surface area contributed by atoms with Crippen molar-refractivity contribution in [2.24, 2.45) is 5.92 Å². The second-order valence-corrected chi connectivity index (χ2v) is 11.6. The third kappa shape index (κ3) is 9.11. The molecule has 1 atom stereocenters. The van der Waals surface area contributed by atoms with Gasteiger partial charge < -0.3 is 14.7 Å². The molecule has 2 aliphatic rings. The van der Waals surface area contributed by atoms with Crippen molar-refractivity contribution in [2.75, 3.05) is 50.7 Å². The van der Waals surface area contributed by atoms with Crippen LogP contribution in [0.2, 0.25) is 5.02 Å². The van der Waals surface area contributed by atoms with Crippen molar-refractivity contribution in [3.63, 3.8) is 0 Å². The van der Waals surface area contributed by atoms with Gasteiger partial charge in [-0.1, -0.05) is 23.7 Å². The van der Waals surface area contributed by atoms with Crippen LogP contribution in [-0.2, 0) is 11.2 Å². The average molecular weight is 554 g/mol. The van der Waals surface area contributed by atoms with E-state index in [1.54, 1.807) is 12.1 Å². The number of anilines is 1. The van der Waals surface area contributed by atoms with E-state index >= 15 is 0 Å². The predicted molar refractivity (Wildman–Crippen MR) is 145 cm³/mol. The van der Waals surface area contributed by atoms with Crippen molar-refractivity contribution in [3.05, 3.63) is 59.1 Å². The number of rotatable bonds is 8. The molecule has 202 valence electrons. The number of thioether (sulfide) groups is 1. The van der Waals surface area contributed by atoms with Crippen molar-refractivity contribution in [2.45, 2.75) is 48.9 Å². The highest BCUT2D eigenvalue weighted by Crippen LogP contribution is 2.37. The fraction of sp³-hybridized carbons (Fsp3) is 0.536. The molecule has 2 saturated heterocycles. The van der Waals surface area contributed by atoms with Crippen LogP contribution in [0.3, 0.4) is 0 Å². The lowest BCUT2D eigenvalue weighted by Gasteiger charge is -2.33. The van der Waals surface area contributed by atoms with Gasteiger partial charge in [0.05, 0.1) is 0 Å². The maximum absolute atomic E-state index is 12.9. The molecule has 37 heavy (non-hydrogen) atoms. The number of nitrogens with zero attached hydrogens (tertiary/aromatic N) is 3. The summed E-state index contributed by atoms with van der Waals surface area (Å²) in [5.41, 5.74) is -2.03. The normalized spacial score (nSPS) is 19.6. The molecule has 0 aromatic heterocycles. The molecule has 1 amide bonds. The number of amides is 1. The van der Waals surface area contributed by atoms with E-state index in [2.05, 4.69) is 21.9 Å². The van der Waals surface area contributed by atoms with Gasteiger partial charge in [0.2, 0.25) is 5.91 Å². The van der Waals surface area contributed by atoms with E-state index in [0.717, 1.165) is 88.5 Å². The predicted octanol–water partition coefficient (Wildman–Crippen LogP) is 6.73. The first-order valence-corrected chi connectivity index (χ1v) is 14.3. The third-order valence-electron chi connectivity index (χ3n) is 7.20. The smallest absolute Gasteiger partial charge is 0.370 e. The number of alkyl halides is 3. The minimum atomic E-state index is -4.27. The number of hydrogen-bond acceptors (Lipinski definition) is 4. The minimum Gasteiger partial charge on any atom is -0.370 e. The Morgan fingerprint density at radius 3 is 2.43 bits per heavy atom. The average Bonchev–Trinajstić information content (AvgIpc) is 3.11. The van der Waals surface area contributed by atoms with E-state index in [0.29, 0.717) is 12.3 Å². The largest absolute Gasteiger partial charge is 0.446 e. The Kier molecular flexibility index (Phi) is 10.1. The Hall–Kier alpha value is -1.90. The van der Waals surface area contributed by atoms with Crippen LogP contribution < -0.4 is 4.90 Å². The Morgan fingerprint density at radius 1 is 0.946 bits per heavy atom. The fourth-order valence-corrected chi connectivity index (χ4v) is 6.00. The number of carbonyl (C=O) groups is 1. The minimum absolute atomic E-state index is 0.0849. The summed E-state index contributed by atoms with van der Waals surface area (Å²) >= 11 is 5.94. The molecular formula is C28H35ClF3N3OS. The molecule has 2 fully saturated rings. The van der Waals surface area contributed by atoms with Gasteiger partial charge in [0.1, 0.15) is 0 Å². The third-order valence-corrected chi connectivity index (χ3v) is 8.19. The highest BCUT2D eigenvalue weighted by molar-refractivity contribution is 8.00. The Labute approximate surface area is 227 Å². The summed E-state index contributed by atoms with van der Waals surface area (Å²) in [6.07, 6.45) is 5.33. The van der Waals surface area contributed by atoms with E-state index in [-0.39, 0.29) is 22.6 Å². The van der Waals surface area contributed by atoms with E-state index in [4.69, 9.17) is 11.6 Å². The summed E-state index contributed by atoms with van der Waals surface area (Å²) in [6.45, 7) is 6.50. The van der Waals surface area contributed by atoms with Crippen LogP contribution in [-0.4, -0.2) is 67.0 Å². The topological polar surface area (TPSA) is 26.8 Å². The lowest BCUT2D eigenvalue weighted by atomic mass is 9.91. The van der Waals surface area contributed by atoms with Crippen molar-refractivity contribution < 1.29 is 18.0 Å². The van der Waals surface area contributed by atoms with E-state index in [9.17, 15) is 18.0 Å². The lowest BCUT2D eigenvalue weighted by Crippen LogP contribution is -2.40. The van der Waals surface area contributed by atoms with Crippen LogP contribution >= 0.6 is 23.4 Å². The molecule has 0 saturated carbocycles.